The normalized spacial score (nSPS) is 10.4. The molecule has 0 amide bonds. The number of thiocarbonyl (C=S) groups is 1. The van der Waals surface area contributed by atoms with Gasteiger partial charge >= 0.3 is 0 Å². The smallest absolute Gasteiger partial charge is 0.131 e. The first-order chi connectivity index (χ1) is 9.19. The molecular formula is C12H15N5OS. The molecule has 2 aromatic rings. The maximum Gasteiger partial charge on any atom is 0.131 e. The van der Waals surface area contributed by atoms with Crippen LogP contribution in [0.3, 0.4) is 0 Å². The van der Waals surface area contributed by atoms with E-state index in [9.17, 15) is 0 Å². The van der Waals surface area contributed by atoms with Gasteiger partial charge in [-0.2, -0.15) is 5.10 Å². The molecule has 0 radical (unpaired) electrons. The van der Waals surface area contributed by atoms with Crippen molar-refractivity contribution in [3.63, 3.8) is 0 Å². The average molecular weight is 277 g/mol. The van der Waals surface area contributed by atoms with Crippen LogP contribution in [-0.4, -0.2) is 33.5 Å². The van der Waals surface area contributed by atoms with Gasteiger partial charge in [0.15, 0.2) is 0 Å². The first kappa shape index (κ1) is 13.4. The molecule has 7 heteroatoms. The summed E-state index contributed by atoms with van der Waals surface area (Å²) >= 11 is 4.90. The van der Waals surface area contributed by atoms with E-state index in [-0.39, 0.29) is 4.99 Å². The highest BCUT2D eigenvalue weighted by atomic mass is 32.1. The Balaban J connectivity index is 2.06. The summed E-state index contributed by atoms with van der Waals surface area (Å²) in [5.41, 5.74) is 6.99. The predicted molar refractivity (Wildman–Crippen MR) is 77.5 cm³/mol. The lowest BCUT2D eigenvalue weighted by Crippen LogP contribution is -2.12. The second-order valence-corrected chi connectivity index (χ2v) is 4.32. The van der Waals surface area contributed by atoms with Gasteiger partial charge in [0, 0.05) is 13.3 Å². The highest BCUT2D eigenvalue weighted by Crippen LogP contribution is 2.13. The Morgan fingerprint density at radius 3 is 3.11 bits per heavy atom. The van der Waals surface area contributed by atoms with Gasteiger partial charge in [0.25, 0.3) is 0 Å². The van der Waals surface area contributed by atoms with Crippen molar-refractivity contribution in [3.05, 3.63) is 36.3 Å². The molecule has 0 fully saturated rings. The fraction of sp³-hybridized carbons (Fsp3) is 0.250. The molecule has 0 saturated carbocycles. The molecule has 0 aromatic carbocycles. The van der Waals surface area contributed by atoms with E-state index < -0.39 is 0 Å². The van der Waals surface area contributed by atoms with Gasteiger partial charge < -0.3 is 15.8 Å². The van der Waals surface area contributed by atoms with Crippen LogP contribution in [0.1, 0.15) is 5.69 Å². The molecule has 100 valence electrons. The van der Waals surface area contributed by atoms with E-state index in [1.54, 1.807) is 24.1 Å². The van der Waals surface area contributed by atoms with Gasteiger partial charge in [0.05, 0.1) is 30.7 Å². The van der Waals surface area contributed by atoms with Crippen LogP contribution >= 0.6 is 12.2 Å². The Hall–Kier alpha value is -1.99. The van der Waals surface area contributed by atoms with Gasteiger partial charge in [-0.05, 0) is 12.1 Å². The van der Waals surface area contributed by atoms with E-state index in [4.69, 9.17) is 22.7 Å². The third-order valence-electron chi connectivity index (χ3n) is 2.43. The van der Waals surface area contributed by atoms with Crippen LogP contribution in [0.15, 0.2) is 30.6 Å². The summed E-state index contributed by atoms with van der Waals surface area (Å²) in [7, 11) is 1.66. The van der Waals surface area contributed by atoms with Crippen molar-refractivity contribution in [2.45, 2.75) is 6.54 Å². The van der Waals surface area contributed by atoms with Crippen molar-refractivity contribution in [3.8, 4) is 0 Å². The summed E-state index contributed by atoms with van der Waals surface area (Å²) in [6.07, 6.45) is 3.61. The lowest BCUT2D eigenvalue weighted by atomic mass is 10.3. The molecule has 2 rings (SSSR count). The Morgan fingerprint density at radius 2 is 2.37 bits per heavy atom. The van der Waals surface area contributed by atoms with Crippen molar-refractivity contribution in [2.75, 3.05) is 19.0 Å². The van der Waals surface area contributed by atoms with Crippen LogP contribution in [0.25, 0.3) is 0 Å². The van der Waals surface area contributed by atoms with Gasteiger partial charge in [-0.1, -0.05) is 18.3 Å². The number of ether oxygens (including phenoxy) is 1. The summed E-state index contributed by atoms with van der Waals surface area (Å²) in [6.45, 7) is 1.33. The maximum atomic E-state index is 5.55. The van der Waals surface area contributed by atoms with Crippen LogP contribution in [0.2, 0.25) is 0 Å². The molecule has 0 spiro atoms. The highest BCUT2D eigenvalue weighted by Gasteiger charge is 2.02. The van der Waals surface area contributed by atoms with E-state index >= 15 is 0 Å². The minimum Gasteiger partial charge on any atom is -0.388 e. The van der Waals surface area contributed by atoms with Crippen molar-refractivity contribution < 1.29 is 4.74 Å². The van der Waals surface area contributed by atoms with Gasteiger partial charge in [-0.15, -0.1) is 0 Å². The van der Waals surface area contributed by atoms with Gasteiger partial charge in [-0.25, -0.2) is 4.98 Å². The van der Waals surface area contributed by atoms with E-state index in [0.717, 1.165) is 5.69 Å². The third-order valence-corrected chi connectivity index (χ3v) is 2.64. The molecule has 0 aliphatic rings. The van der Waals surface area contributed by atoms with Crippen LogP contribution < -0.4 is 11.1 Å². The van der Waals surface area contributed by atoms with Gasteiger partial charge in [-0.3, -0.25) is 4.68 Å². The first-order valence-electron chi connectivity index (χ1n) is 5.74. The maximum absolute atomic E-state index is 5.55. The summed E-state index contributed by atoms with van der Waals surface area (Å²) in [4.78, 5) is 4.58. The van der Waals surface area contributed by atoms with Crippen LogP contribution in [-0.2, 0) is 11.3 Å². The molecule has 19 heavy (non-hydrogen) atoms. The number of anilines is 2. The SMILES string of the molecule is COCCn1cc(Nc2cccc(C(N)=S)n2)cn1. The molecule has 6 nitrogen and oxygen atoms in total. The molecule has 0 atom stereocenters. The third kappa shape index (κ3) is 3.73. The van der Waals surface area contributed by atoms with E-state index in [1.807, 2.05) is 18.3 Å². The fourth-order valence-electron chi connectivity index (χ4n) is 1.52. The minimum atomic E-state index is 0.277. The second kappa shape index (κ2) is 6.26. The number of nitrogens with zero attached hydrogens (tertiary/aromatic N) is 3. The molecule has 0 bridgehead atoms. The van der Waals surface area contributed by atoms with E-state index in [2.05, 4.69) is 15.4 Å². The van der Waals surface area contributed by atoms with Crippen molar-refractivity contribution in [1.82, 2.24) is 14.8 Å². The number of rotatable bonds is 6. The lowest BCUT2D eigenvalue weighted by Gasteiger charge is -2.04. The lowest BCUT2D eigenvalue weighted by molar-refractivity contribution is 0.183. The topological polar surface area (TPSA) is 78.0 Å². The van der Waals surface area contributed by atoms with Crippen LogP contribution in [0.4, 0.5) is 11.5 Å². The first-order valence-corrected chi connectivity index (χ1v) is 6.15. The molecule has 2 aromatic heterocycles. The van der Waals surface area contributed by atoms with E-state index in [0.29, 0.717) is 24.7 Å². The van der Waals surface area contributed by atoms with Gasteiger partial charge in [0.2, 0.25) is 0 Å². The molecule has 0 unspecified atom stereocenters. The Kier molecular flexibility index (Phi) is 4.43. The number of aromatic nitrogens is 3. The summed E-state index contributed by atoms with van der Waals surface area (Å²) in [5.74, 6) is 0.677. The monoisotopic (exact) mass is 277 g/mol. The zero-order chi connectivity index (χ0) is 13.7. The molecule has 3 N–H and O–H groups in total. The quantitative estimate of drug-likeness (QED) is 0.775. The molecular weight excluding hydrogens is 262 g/mol. The number of hydrogen-bond donors (Lipinski definition) is 2. The fourth-order valence-corrected chi connectivity index (χ4v) is 1.64. The highest BCUT2D eigenvalue weighted by molar-refractivity contribution is 7.80. The second-order valence-electron chi connectivity index (χ2n) is 3.88. The summed E-state index contributed by atoms with van der Waals surface area (Å²) in [6, 6.07) is 5.46. The predicted octanol–water partition coefficient (Wildman–Crippen LogP) is 1.30. The molecule has 0 saturated heterocycles. The Bertz CT molecular complexity index is 569. The largest absolute Gasteiger partial charge is 0.388 e. The summed E-state index contributed by atoms with van der Waals surface area (Å²) in [5, 5.41) is 7.35. The molecule has 0 aliphatic heterocycles. The van der Waals surface area contributed by atoms with Crippen LogP contribution in [0, 0.1) is 0 Å². The van der Waals surface area contributed by atoms with Crippen molar-refractivity contribution >= 4 is 28.7 Å². The van der Waals surface area contributed by atoms with Crippen LogP contribution in [0.5, 0.6) is 0 Å². The van der Waals surface area contributed by atoms with Crippen molar-refractivity contribution in [2.24, 2.45) is 5.73 Å². The Morgan fingerprint density at radius 1 is 1.53 bits per heavy atom. The number of nitrogens with one attached hydrogen (secondary N) is 1. The average Bonchev–Trinajstić information content (AvgIpc) is 2.84. The van der Waals surface area contributed by atoms with Crippen molar-refractivity contribution in [1.29, 1.82) is 0 Å². The zero-order valence-electron chi connectivity index (χ0n) is 10.5. The Labute approximate surface area is 116 Å². The number of hydrogen-bond acceptors (Lipinski definition) is 5. The summed E-state index contributed by atoms with van der Waals surface area (Å²) < 4.78 is 6.79. The molecule has 0 aliphatic carbocycles. The van der Waals surface area contributed by atoms with Gasteiger partial charge in [0.1, 0.15) is 10.8 Å². The minimum absolute atomic E-state index is 0.277. The number of methoxy groups -OCH3 is 1. The zero-order valence-corrected chi connectivity index (χ0v) is 11.4. The molecule has 2 heterocycles. The number of nitrogens with two attached hydrogens (primary N) is 1. The van der Waals surface area contributed by atoms with E-state index in [1.165, 1.54) is 0 Å². The standard InChI is InChI=1S/C12H15N5OS/c1-18-6-5-17-8-9(7-14-17)15-11-4-2-3-10(16-11)12(13)19/h2-4,7-8H,5-6H2,1H3,(H2,13,19)(H,15,16). The number of pyridine rings is 1.